The van der Waals surface area contributed by atoms with Gasteiger partial charge in [-0.15, -0.1) is 0 Å². The summed E-state index contributed by atoms with van der Waals surface area (Å²) in [6.45, 7) is 0. The summed E-state index contributed by atoms with van der Waals surface area (Å²) in [5, 5.41) is 13.4. The molecule has 0 aromatic heterocycles. The van der Waals surface area contributed by atoms with Crippen LogP contribution in [0.15, 0.2) is 36.4 Å². The van der Waals surface area contributed by atoms with Gasteiger partial charge in [0.25, 0.3) is 0 Å². The third-order valence-electron chi connectivity index (χ3n) is 3.60. The lowest BCUT2D eigenvalue weighted by Crippen LogP contribution is -2.19. The number of carbonyl (C=O) groups is 1. The van der Waals surface area contributed by atoms with Gasteiger partial charge in [0.15, 0.2) is 0 Å². The Morgan fingerprint density at radius 3 is 2.76 bits per heavy atom. The Balaban J connectivity index is 1.95. The fourth-order valence-electron chi connectivity index (χ4n) is 2.48. The van der Waals surface area contributed by atoms with Crippen LogP contribution >= 0.6 is 11.6 Å². The fourth-order valence-corrected chi connectivity index (χ4v) is 2.64. The summed E-state index contributed by atoms with van der Waals surface area (Å²) in [4.78, 5) is 11.3. The molecule has 21 heavy (non-hydrogen) atoms. The highest BCUT2D eigenvalue weighted by Crippen LogP contribution is 2.30. The highest BCUT2D eigenvalue weighted by atomic mass is 35.5. The van der Waals surface area contributed by atoms with Crippen molar-refractivity contribution in [2.45, 2.75) is 18.9 Å². The Hall–Kier alpha value is -1.91. The third-order valence-corrected chi connectivity index (χ3v) is 3.83. The van der Waals surface area contributed by atoms with Crippen LogP contribution in [0.4, 0.5) is 10.1 Å². The summed E-state index contributed by atoms with van der Waals surface area (Å²) in [5.41, 5.74) is 2.46. The molecule has 1 aliphatic rings. The molecule has 1 amide bonds. The van der Waals surface area contributed by atoms with E-state index in [1.165, 1.54) is 12.1 Å². The van der Waals surface area contributed by atoms with Crippen molar-refractivity contribution in [1.82, 2.24) is 0 Å². The summed E-state index contributed by atoms with van der Waals surface area (Å²) in [6, 6.07) is 9.42. The van der Waals surface area contributed by atoms with Crippen molar-refractivity contribution in [3.63, 3.8) is 0 Å². The lowest BCUT2D eigenvalue weighted by Gasteiger charge is -2.19. The molecule has 2 N–H and O–H groups in total. The minimum atomic E-state index is -1.06. The van der Waals surface area contributed by atoms with Gasteiger partial charge in [-0.05, 0) is 35.7 Å². The first kappa shape index (κ1) is 14.0. The number of aliphatic hydroxyl groups excluding tert-OH is 1. The standard InChI is InChI=1S/C16H13ClFNO2/c17-11-3-4-12(13(18)8-11)16(21)10-1-5-14-9(7-10)2-6-15(20)19-14/h1,3-5,7-8,16,21H,2,6H2,(H,19,20). The number of aliphatic hydroxyl groups is 1. The minimum Gasteiger partial charge on any atom is -0.384 e. The van der Waals surface area contributed by atoms with Crippen LogP contribution < -0.4 is 5.32 Å². The molecule has 0 radical (unpaired) electrons. The first-order valence-electron chi connectivity index (χ1n) is 6.60. The van der Waals surface area contributed by atoms with E-state index in [1.807, 2.05) is 0 Å². The Morgan fingerprint density at radius 2 is 2.00 bits per heavy atom. The molecule has 108 valence electrons. The van der Waals surface area contributed by atoms with Crippen LogP contribution in [0.3, 0.4) is 0 Å². The number of benzene rings is 2. The van der Waals surface area contributed by atoms with Crippen molar-refractivity contribution in [3.05, 3.63) is 63.9 Å². The SMILES string of the molecule is O=C1CCc2cc(C(O)c3ccc(Cl)cc3F)ccc2N1. The molecule has 5 heteroatoms. The summed E-state index contributed by atoms with van der Waals surface area (Å²) in [5.74, 6) is -0.555. The number of hydrogen-bond donors (Lipinski definition) is 2. The van der Waals surface area contributed by atoms with Gasteiger partial charge in [-0.2, -0.15) is 0 Å². The quantitative estimate of drug-likeness (QED) is 0.893. The van der Waals surface area contributed by atoms with Gasteiger partial charge < -0.3 is 10.4 Å². The van der Waals surface area contributed by atoms with Gasteiger partial charge in [-0.3, -0.25) is 4.79 Å². The van der Waals surface area contributed by atoms with Crippen LogP contribution in [0, 0.1) is 5.82 Å². The van der Waals surface area contributed by atoms with E-state index in [0.29, 0.717) is 18.4 Å². The maximum absolute atomic E-state index is 13.9. The number of amides is 1. The number of nitrogens with one attached hydrogen (secondary N) is 1. The minimum absolute atomic E-state index is 0.0143. The summed E-state index contributed by atoms with van der Waals surface area (Å²) in [7, 11) is 0. The number of hydrogen-bond acceptors (Lipinski definition) is 2. The van der Waals surface area contributed by atoms with Gasteiger partial charge in [0, 0.05) is 22.7 Å². The Bertz CT molecular complexity index is 717. The predicted octanol–water partition coefficient (Wildman–Crippen LogP) is 3.45. The van der Waals surface area contributed by atoms with Crippen LogP contribution in [-0.2, 0) is 11.2 Å². The van der Waals surface area contributed by atoms with E-state index < -0.39 is 11.9 Å². The van der Waals surface area contributed by atoms with E-state index in [2.05, 4.69) is 5.32 Å². The fraction of sp³-hybridized carbons (Fsp3) is 0.188. The largest absolute Gasteiger partial charge is 0.384 e. The summed E-state index contributed by atoms with van der Waals surface area (Å²) < 4.78 is 13.9. The lowest BCUT2D eigenvalue weighted by atomic mass is 9.95. The maximum Gasteiger partial charge on any atom is 0.224 e. The van der Waals surface area contributed by atoms with E-state index in [0.717, 1.165) is 11.3 Å². The lowest BCUT2D eigenvalue weighted by molar-refractivity contribution is -0.116. The summed E-state index contributed by atoms with van der Waals surface area (Å²) >= 11 is 5.71. The third kappa shape index (κ3) is 2.77. The van der Waals surface area contributed by atoms with Gasteiger partial charge in [0.2, 0.25) is 5.91 Å². The van der Waals surface area contributed by atoms with Crippen molar-refractivity contribution in [1.29, 1.82) is 0 Å². The molecule has 2 aromatic rings. The van der Waals surface area contributed by atoms with Gasteiger partial charge in [0.05, 0.1) is 0 Å². The van der Waals surface area contributed by atoms with Gasteiger partial charge in [-0.25, -0.2) is 4.39 Å². The first-order chi connectivity index (χ1) is 10.0. The number of anilines is 1. The Kier molecular flexibility index (Phi) is 3.66. The molecule has 0 aliphatic carbocycles. The number of rotatable bonds is 2. The molecule has 0 fully saturated rings. The highest BCUT2D eigenvalue weighted by Gasteiger charge is 2.19. The molecule has 1 unspecified atom stereocenters. The second-order valence-electron chi connectivity index (χ2n) is 5.03. The monoisotopic (exact) mass is 305 g/mol. The van der Waals surface area contributed by atoms with Crippen LogP contribution in [0.2, 0.25) is 5.02 Å². The zero-order valence-electron chi connectivity index (χ0n) is 11.1. The molecule has 0 saturated carbocycles. The summed E-state index contributed by atoms with van der Waals surface area (Å²) in [6.07, 6.45) is -0.0302. The molecular formula is C16H13ClFNO2. The van der Waals surface area contributed by atoms with Gasteiger partial charge in [-0.1, -0.05) is 29.8 Å². The predicted molar refractivity (Wildman–Crippen MR) is 78.9 cm³/mol. The average molecular weight is 306 g/mol. The normalized spacial score (nSPS) is 15.3. The molecule has 3 rings (SSSR count). The van der Waals surface area contributed by atoms with E-state index in [1.54, 1.807) is 24.3 Å². The van der Waals surface area contributed by atoms with Crippen molar-refractivity contribution in [2.75, 3.05) is 5.32 Å². The molecule has 2 aromatic carbocycles. The number of fused-ring (bicyclic) bond motifs is 1. The molecule has 1 atom stereocenters. The Morgan fingerprint density at radius 1 is 1.19 bits per heavy atom. The van der Waals surface area contributed by atoms with Gasteiger partial charge >= 0.3 is 0 Å². The van der Waals surface area contributed by atoms with Crippen molar-refractivity contribution < 1.29 is 14.3 Å². The van der Waals surface area contributed by atoms with Crippen molar-refractivity contribution >= 4 is 23.2 Å². The van der Waals surface area contributed by atoms with Crippen molar-refractivity contribution in [2.24, 2.45) is 0 Å². The van der Waals surface area contributed by atoms with E-state index in [4.69, 9.17) is 11.6 Å². The van der Waals surface area contributed by atoms with E-state index in [-0.39, 0.29) is 16.5 Å². The van der Waals surface area contributed by atoms with Crippen LogP contribution in [0.25, 0.3) is 0 Å². The molecule has 3 nitrogen and oxygen atoms in total. The number of aryl methyl sites for hydroxylation is 1. The Labute approximate surface area is 126 Å². The van der Waals surface area contributed by atoms with E-state index in [9.17, 15) is 14.3 Å². The van der Waals surface area contributed by atoms with Crippen LogP contribution in [0.5, 0.6) is 0 Å². The maximum atomic E-state index is 13.9. The smallest absolute Gasteiger partial charge is 0.224 e. The topological polar surface area (TPSA) is 49.3 Å². The molecule has 0 spiro atoms. The molecular weight excluding hydrogens is 293 g/mol. The molecule has 0 saturated heterocycles. The zero-order valence-corrected chi connectivity index (χ0v) is 11.8. The second kappa shape index (κ2) is 5.47. The first-order valence-corrected chi connectivity index (χ1v) is 6.98. The number of halogens is 2. The zero-order chi connectivity index (χ0) is 15.0. The molecule has 1 aliphatic heterocycles. The highest BCUT2D eigenvalue weighted by molar-refractivity contribution is 6.30. The molecule has 1 heterocycles. The van der Waals surface area contributed by atoms with E-state index >= 15 is 0 Å². The second-order valence-corrected chi connectivity index (χ2v) is 5.47. The van der Waals surface area contributed by atoms with Crippen LogP contribution in [0.1, 0.15) is 29.2 Å². The van der Waals surface area contributed by atoms with Crippen LogP contribution in [-0.4, -0.2) is 11.0 Å². The molecule has 0 bridgehead atoms. The average Bonchev–Trinajstić information content (AvgIpc) is 2.46. The van der Waals surface area contributed by atoms with Crippen molar-refractivity contribution in [3.8, 4) is 0 Å². The van der Waals surface area contributed by atoms with Gasteiger partial charge in [0.1, 0.15) is 11.9 Å². The number of carbonyl (C=O) groups excluding carboxylic acids is 1.